The van der Waals surface area contributed by atoms with Crippen LogP contribution in [0.3, 0.4) is 0 Å². The highest BCUT2D eigenvalue weighted by Gasteiger charge is 2.11. The highest BCUT2D eigenvalue weighted by molar-refractivity contribution is 9.10. The molecule has 1 heterocycles. The molecule has 1 aromatic heterocycles. The topological polar surface area (TPSA) is 83.1 Å². The number of urea groups is 1. The number of para-hydroxylation sites is 1. The number of hydrogen-bond acceptors (Lipinski definition) is 4. The highest BCUT2D eigenvalue weighted by atomic mass is 79.9. The van der Waals surface area contributed by atoms with Gasteiger partial charge in [0, 0.05) is 21.2 Å². The number of anilines is 3. The number of rotatable bonds is 5. The second-order valence-electron chi connectivity index (χ2n) is 6.49. The lowest BCUT2D eigenvalue weighted by Gasteiger charge is -2.07. The molecule has 3 aromatic carbocycles. The van der Waals surface area contributed by atoms with E-state index in [0.717, 1.165) is 20.9 Å². The minimum atomic E-state index is -0.381. The molecule has 8 heteroatoms. The number of nitrogens with one attached hydrogen (secondary N) is 3. The highest BCUT2D eigenvalue weighted by Crippen LogP contribution is 2.26. The number of aromatic nitrogens is 1. The summed E-state index contributed by atoms with van der Waals surface area (Å²) in [6.45, 7) is 0. The predicted octanol–water partition coefficient (Wildman–Crippen LogP) is 5.88. The van der Waals surface area contributed by atoms with Crippen molar-refractivity contribution < 1.29 is 9.59 Å². The normalized spacial score (nSPS) is 10.6. The molecule has 3 amide bonds. The van der Waals surface area contributed by atoms with Crippen LogP contribution in [0, 0.1) is 0 Å². The first-order chi connectivity index (χ1) is 14.6. The van der Waals surface area contributed by atoms with E-state index in [0.29, 0.717) is 16.5 Å². The molecule has 4 rings (SSSR count). The van der Waals surface area contributed by atoms with E-state index in [4.69, 9.17) is 0 Å². The molecule has 0 aliphatic heterocycles. The first-order valence-electron chi connectivity index (χ1n) is 9.12. The maximum atomic E-state index is 12.4. The summed E-state index contributed by atoms with van der Waals surface area (Å²) in [7, 11) is 0. The molecular formula is C22H17BrN4O2S. The van der Waals surface area contributed by atoms with E-state index in [1.165, 1.54) is 11.3 Å². The van der Waals surface area contributed by atoms with Gasteiger partial charge in [0.2, 0.25) is 5.91 Å². The number of hydrogen-bond donors (Lipinski definition) is 3. The Bertz CT molecular complexity index is 1210. The largest absolute Gasteiger partial charge is 0.326 e. The van der Waals surface area contributed by atoms with Gasteiger partial charge in [-0.05, 0) is 41.1 Å². The zero-order valence-electron chi connectivity index (χ0n) is 15.7. The fourth-order valence-corrected chi connectivity index (χ4v) is 4.14. The minimum Gasteiger partial charge on any atom is -0.326 e. The van der Waals surface area contributed by atoms with E-state index >= 15 is 0 Å². The molecule has 0 saturated carbocycles. The SMILES string of the molecule is O=C(Cc1csc(NC(=O)Nc2ccccc2)n1)Nc1ccc2c(Br)cccc2c1. The third kappa shape index (κ3) is 5.03. The molecule has 0 bridgehead atoms. The van der Waals surface area contributed by atoms with Crippen LogP contribution in [0.1, 0.15) is 5.69 Å². The standard InChI is InChI=1S/C22H17BrN4O2S/c23-19-8-4-5-14-11-16(9-10-18(14)19)24-20(28)12-17-13-30-22(26-17)27-21(29)25-15-6-2-1-3-7-15/h1-11,13H,12H2,(H,24,28)(H2,25,26,27,29). The maximum absolute atomic E-state index is 12.4. The van der Waals surface area contributed by atoms with Gasteiger partial charge in [0.25, 0.3) is 0 Å². The van der Waals surface area contributed by atoms with Gasteiger partial charge in [0.1, 0.15) is 0 Å². The van der Waals surface area contributed by atoms with Gasteiger partial charge >= 0.3 is 6.03 Å². The van der Waals surface area contributed by atoms with Crippen molar-refractivity contribution >= 4 is 66.5 Å². The molecule has 30 heavy (non-hydrogen) atoms. The zero-order valence-corrected chi connectivity index (χ0v) is 18.1. The Morgan fingerprint density at radius 2 is 1.73 bits per heavy atom. The average molecular weight is 481 g/mol. The summed E-state index contributed by atoms with van der Waals surface area (Å²) in [5, 5.41) is 12.6. The Kier molecular flexibility index (Phi) is 6.06. The molecule has 0 fully saturated rings. The van der Waals surface area contributed by atoms with Crippen LogP contribution in [-0.4, -0.2) is 16.9 Å². The first kappa shape index (κ1) is 20.1. The molecule has 3 N–H and O–H groups in total. The number of nitrogens with zero attached hydrogens (tertiary/aromatic N) is 1. The molecule has 0 atom stereocenters. The van der Waals surface area contributed by atoms with Crippen molar-refractivity contribution in [1.29, 1.82) is 0 Å². The van der Waals surface area contributed by atoms with Crippen molar-refractivity contribution in [3.63, 3.8) is 0 Å². The lowest BCUT2D eigenvalue weighted by Crippen LogP contribution is -2.19. The van der Waals surface area contributed by atoms with Crippen LogP contribution in [0.25, 0.3) is 10.8 Å². The van der Waals surface area contributed by atoms with Gasteiger partial charge in [-0.1, -0.05) is 52.3 Å². The van der Waals surface area contributed by atoms with Crippen LogP contribution in [0.15, 0.2) is 76.6 Å². The summed E-state index contributed by atoms with van der Waals surface area (Å²) in [5.41, 5.74) is 2.01. The van der Waals surface area contributed by atoms with E-state index in [-0.39, 0.29) is 18.4 Å². The Hall–Kier alpha value is -3.23. The number of benzene rings is 3. The number of amides is 3. The number of carbonyl (C=O) groups is 2. The van der Waals surface area contributed by atoms with Gasteiger partial charge in [-0.25, -0.2) is 9.78 Å². The summed E-state index contributed by atoms with van der Waals surface area (Å²) < 4.78 is 1.01. The van der Waals surface area contributed by atoms with E-state index in [1.54, 1.807) is 17.5 Å². The quantitative estimate of drug-likeness (QED) is 0.333. The second kappa shape index (κ2) is 9.06. The Balaban J connectivity index is 1.34. The van der Waals surface area contributed by atoms with Gasteiger partial charge in [-0.3, -0.25) is 10.1 Å². The van der Waals surface area contributed by atoms with Gasteiger partial charge in [0.05, 0.1) is 12.1 Å². The lowest BCUT2D eigenvalue weighted by atomic mass is 10.1. The van der Waals surface area contributed by atoms with Crippen molar-refractivity contribution in [2.45, 2.75) is 6.42 Å². The third-order valence-electron chi connectivity index (χ3n) is 4.26. The molecule has 0 spiro atoms. The Labute approximate surface area is 185 Å². The van der Waals surface area contributed by atoms with Crippen molar-refractivity contribution in [3.05, 3.63) is 82.3 Å². The van der Waals surface area contributed by atoms with Crippen LogP contribution in [0.2, 0.25) is 0 Å². The van der Waals surface area contributed by atoms with E-state index in [2.05, 4.69) is 36.9 Å². The summed E-state index contributed by atoms with van der Waals surface area (Å²) in [6.07, 6.45) is 0.120. The number of thiazole rings is 1. The summed E-state index contributed by atoms with van der Waals surface area (Å²) >= 11 is 4.80. The molecule has 150 valence electrons. The van der Waals surface area contributed by atoms with Crippen LogP contribution in [0.4, 0.5) is 21.3 Å². The fourth-order valence-electron chi connectivity index (χ4n) is 2.92. The van der Waals surface area contributed by atoms with Gasteiger partial charge in [-0.15, -0.1) is 11.3 Å². The number of fused-ring (bicyclic) bond motifs is 1. The van der Waals surface area contributed by atoms with Gasteiger partial charge in [0.15, 0.2) is 5.13 Å². The van der Waals surface area contributed by atoms with Crippen molar-refractivity contribution in [2.24, 2.45) is 0 Å². The monoisotopic (exact) mass is 480 g/mol. The smallest absolute Gasteiger partial charge is 0.325 e. The van der Waals surface area contributed by atoms with E-state index in [1.807, 2.05) is 54.6 Å². The van der Waals surface area contributed by atoms with Crippen molar-refractivity contribution in [2.75, 3.05) is 16.0 Å². The number of carbonyl (C=O) groups excluding carboxylic acids is 2. The predicted molar refractivity (Wildman–Crippen MR) is 125 cm³/mol. The molecule has 0 aliphatic rings. The van der Waals surface area contributed by atoms with Crippen LogP contribution in [-0.2, 0) is 11.2 Å². The Morgan fingerprint density at radius 3 is 2.57 bits per heavy atom. The fraction of sp³-hybridized carbons (Fsp3) is 0.0455. The summed E-state index contributed by atoms with van der Waals surface area (Å²) in [6, 6.07) is 20.4. The average Bonchev–Trinajstić information content (AvgIpc) is 3.15. The zero-order chi connectivity index (χ0) is 20.9. The van der Waals surface area contributed by atoms with Crippen molar-refractivity contribution in [3.8, 4) is 0 Å². The van der Waals surface area contributed by atoms with Gasteiger partial charge in [-0.2, -0.15) is 0 Å². The third-order valence-corrected chi connectivity index (χ3v) is 5.75. The van der Waals surface area contributed by atoms with Gasteiger partial charge < -0.3 is 10.6 Å². The first-order valence-corrected chi connectivity index (χ1v) is 10.8. The summed E-state index contributed by atoms with van der Waals surface area (Å²) in [4.78, 5) is 28.8. The molecule has 0 aliphatic carbocycles. The number of halogens is 1. The maximum Gasteiger partial charge on any atom is 0.325 e. The molecule has 0 radical (unpaired) electrons. The molecule has 0 saturated heterocycles. The van der Waals surface area contributed by atoms with Crippen LogP contribution in [0.5, 0.6) is 0 Å². The Morgan fingerprint density at radius 1 is 0.900 bits per heavy atom. The molecule has 4 aromatic rings. The van der Waals surface area contributed by atoms with E-state index < -0.39 is 0 Å². The second-order valence-corrected chi connectivity index (χ2v) is 8.20. The minimum absolute atomic E-state index is 0.120. The molecule has 0 unspecified atom stereocenters. The summed E-state index contributed by atoms with van der Waals surface area (Å²) in [5.74, 6) is -0.171. The molecular weight excluding hydrogens is 464 g/mol. The van der Waals surface area contributed by atoms with Crippen LogP contribution < -0.4 is 16.0 Å². The van der Waals surface area contributed by atoms with Crippen molar-refractivity contribution in [1.82, 2.24) is 4.98 Å². The lowest BCUT2D eigenvalue weighted by molar-refractivity contribution is -0.115. The van der Waals surface area contributed by atoms with E-state index in [9.17, 15) is 9.59 Å². The van der Waals surface area contributed by atoms with Crippen LogP contribution >= 0.6 is 27.3 Å². The molecule has 6 nitrogen and oxygen atoms in total.